The maximum Gasteiger partial charge on any atom is 0.406 e. The first-order valence-electron chi connectivity index (χ1n) is 7.56. The minimum Gasteiger partial charge on any atom is -1.00 e. The summed E-state index contributed by atoms with van der Waals surface area (Å²) < 4.78 is 0. The van der Waals surface area contributed by atoms with Crippen molar-refractivity contribution in [1.29, 1.82) is 0 Å². The largest absolute Gasteiger partial charge is 1.00 e. The summed E-state index contributed by atoms with van der Waals surface area (Å²) in [5.41, 5.74) is 9.38. The molecule has 0 bridgehead atoms. The molecule has 0 atom stereocenters. The van der Waals surface area contributed by atoms with E-state index < -0.39 is 0 Å². The summed E-state index contributed by atoms with van der Waals surface area (Å²) in [5, 5.41) is 13.3. The first-order chi connectivity index (χ1) is 11.7. The number of H-pyrrole nitrogens is 2. The van der Waals surface area contributed by atoms with E-state index in [0.717, 1.165) is 27.2 Å². The predicted octanol–water partition coefficient (Wildman–Crippen LogP) is 2.02. The van der Waals surface area contributed by atoms with Crippen LogP contribution in [-0.4, -0.2) is 4.98 Å². The highest BCUT2D eigenvalue weighted by Gasteiger charge is 2.12. The third-order valence-electron chi connectivity index (χ3n) is 3.86. The van der Waals surface area contributed by atoms with Gasteiger partial charge in [-0.15, -0.1) is 0 Å². The lowest BCUT2D eigenvalue weighted by Crippen LogP contribution is -3.00. The molecule has 7 heteroatoms. The number of benzene rings is 2. The van der Waals surface area contributed by atoms with Gasteiger partial charge in [0.2, 0.25) is 0 Å². The number of anilines is 1. The number of nitrogens with zero attached hydrogens (tertiary/aromatic N) is 2. The minimum absolute atomic E-state index is 0. The first-order valence-corrected chi connectivity index (χ1v) is 8.44. The molecule has 4 N–H and O–H groups in total. The number of thiazole rings is 1. The van der Waals surface area contributed by atoms with E-state index in [9.17, 15) is 0 Å². The molecule has 2 heterocycles. The molecule has 2 aromatic carbocycles. The maximum atomic E-state index is 5.98. The topological polar surface area (TPSA) is 80.7 Å². The van der Waals surface area contributed by atoms with E-state index in [-0.39, 0.29) is 17.0 Å². The number of hydrogen-bond acceptors (Lipinski definition) is 4. The second kappa shape index (κ2) is 7.16. The van der Waals surface area contributed by atoms with E-state index in [0.29, 0.717) is 11.6 Å². The Hall–Kier alpha value is -2.51. The zero-order chi connectivity index (χ0) is 16.5. The molecule has 0 aliphatic heterocycles. The van der Waals surface area contributed by atoms with Gasteiger partial charge in [0.15, 0.2) is 5.82 Å². The number of nitrogens with one attached hydrogen (secondary N) is 2. The van der Waals surface area contributed by atoms with E-state index in [2.05, 4.69) is 51.4 Å². The Morgan fingerprint density at radius 3 is 2.48 bits per heavy atom. The van der Waals surface area contributed by atoms with Crippen LogP contribution in [0.1, 0.15) is 5.56 Å². The third kappa shape index (κ3) is 3.47. The Balaban J connectivity index is 0.00000182. The summed E-state index contributed by atoms with van der Waals surface area (Å²) in [6.07, 6.45) is 0. The normalized spacial score (nSPS) is 11.1. The maximum absolute atomic E-state index is 5.98. The van der Waals surface area contributed by atoms with Crippen LogP contribution >= 0.6 is 11.3 Å². The fraction of sp³-hybridized carbons (Fsp3) is 0.0556. The average molecular weight is 414 g/mol. The second-order valence-corrected chi connectivity index (χ2v) is 6.44. The monoisotopic (exact) mass is 413 g/mol. The molecule has 25 heavy (non-hydrogen) atoms. The number of fused-ring (bicyclic) bond motifs is 1. The Kier molecular flexibility index (Phi) is 4.96. The number of aromatic nitrogens is 2. The molecule has 4 rings (SSSR count). The van der Waals surface area contributed by atoms with Crippen LogP contribution in [0, 0.1) is 6.92 Å². The SMILES string of the molecule is Cc1ccc(-c2csc(/N=N/c3[nH]c(N)c4ccccc34)[nH+]2)cc1.[Br-]. The van der Waals surface area contributed by atoms with Crippen molar-refractivity contribution in [3.8, 4) is 11.3 Å². The smallest absolute Gasteiger partial charge is 0.406 e. The molecule has 0 aliphatic rings. The van der Waals surface area contributed by atoms with Crippen molar-refractivity contribution in [3.63, 3.8) is 0 Å². The number of nitrogens with two attached hydrogens (primary N) is 1. The first kappa shape index (κ1) is 17.3. The van der Waals surface area contributed by atoms with Crippen LogP contribution < -0.4 is 27.7 Å². The molecular formula is C18H16BrN5S. The minimum atomic E-state index is 0. The summed E-state index contributed by atoms with van der Waals surface area (Å²) in [4.78, 5) is 6.36. The lowest BCUT2D eigenvalue weighted by atomic mass is 10.1. The Morgan fingerprint density at radius 1 is 1.00 bits per heavy atom. The fourth-order valence-corrected chi connectivity index (χ4v) is 3.25. The summed E-state index contributed by atoms with van der Waals surface area (Å²) in [5.74, 6) is 1.27. The zero-order valence-corrected chi connectivity index (χ0v) is 15.9. The van der Waals surface area contributed by atoms with Gasteiger partial charge in [0.25, 0.3) is 0 Å². The zero-order valence-electron chi connectivity index (χ0n) is 13.5. The highest BCUT2D eigenvalue weighted by molar-refractivity contribution is 7.13. The van der Waals surface area contributed by atoms with Crippen LogP contribution in [0.4, 0.5) is 16.8 Å². The molecule has 0 saturated heterocycles. The molecule has 0 unspecified atom stereocenters. The van der Waals surface area contributed by atoms with Gasteiger partial charge in [0.1, 0.15) is 11.5 Å². The lowest BCUT2D eigenvalue weighted by Gasteiger charge is -1.94. The number of azo groups is 1. The van der Waals surface area contributed by atoms with Gasteiger partial charge < -0.3 is 27.7 Å². The van der Waals surface area contributed by atoms with E-state index in [1.807, 2.05) is 29.6 Å². The van der Waals surface area contributed by atoms with Gasteiger partial charge >= 0.3 is 5.13 Å². The fourth-order valence-electron chi connectivity index (χ4n) is 2.57. The van der Waals surface area contributed by atoms with Crippen molar-refractivity contribution in [2.45, 2.75) is 6.92 Å². The molecule has 2 aromatic heterocycles. The highest BCUT2D eigenvalue weighted by Crippen LogP contribution is 2.31. The molecular weight excluding hydrogens is 398 g/mol. The molecule has 0 saturated carbocycles. The van der Waals surface area contributed by atoms with Crippen LogP contribution in [-0.2, 0) is 0 Å². The molecule has 0 spiro atoms. The molecule has 0 amide bonds. The summed E-state index contributed by atoms with van der Waals surface area (Å²) in [6, 6.07) is 16.2. The number of nitrogen functional groups attached to an aromatic ring is 1. The van der Waals surface area contributed by atoms with E-state index >= 15 is 0 Å². The quantitative estimate of drug-likeness (QED) is 0.495. The van der Waals surface area contributed by atoms with Crippen molar-refractivity contribution in [1.82, 2.24) is 4.98 Å². The van der Waals surface area contributed by atoms with E-state index in [4.69, 9.17) is 5.73 Å². The van der Waals surface area contributed by atoms with Crippen LogP contribution in [0.15, 0.2) is 64.1 Å². The second-order valence-electron chi connectivity index (χ2n) is 5.58. The molecule has 0 aliphatic carbocycles. The number of halogens is 1. The highest BCUT2D eigenvalue weighted by atomic mass is 79.9. The van der Waals surface area contributed by atoms with Gasteiger partial charge in [0.05, 0.1) is 5.11 Å². The van der Waals surface area contributed by atoms with Gasteiger partial charge in [0, 0.05) is 21.7 Å². The van der Waals surface area contributed by atoms with Crippen molar-refractivity contribution in [2.24, 2.45) is 10.2 Å². The standard InChI is InChI=1S/C18H15N5S.BrH/c1-11-6-8-12(9-7-11)15-10-24-18(20-15)23-22-17-14-5-3-2-4-13(14)16(19)21-17;/h2-10,21H,19H2,1H3;1H/b23-22+;. The number of hydrogen-bond donors (Lipinski definition) is 2. The summed E-state index contributed by atoms with van der Waals surface area (Å²) >= 11 is 1.52. The molecule has 0 fully saturated rings. The molecule has 0 radical (unpaired) electrons. The molecule has 5 nitrogen and oxygen atoms in total. The average Bonchev–Trinajstić information content (AvgIpc) is 3.19. The number of aromatic amines is 2. The Morgan fingerprint density at radius 2 is 1.72 bits per heavy atom. The Bertz CT molecular complexity index is 1030. The van der Waals surface area contributed by atoms with Crippen molar-refractivity contribution < 1.29 is 22.0 Å². The Labute approximate surface area is 159 Å². The van der Waals surface area contributed by atoms with Gasteiger partial charge in [-0.1, -0.05) is 54.1 Å². The van der Waals surface area contributed by atoms with Gasteiger partial charge in [-0.05, 0) is 23.4 Å². The van der Waals surface area contributed by atoms with Crippen molar-refractivity contribution in [2.75, 3.05) is 5.73 Å². The van der Waals surface area contributed by atoms with Gasteiger partial charge in [-0.2, -0.15) is 0 Å². The summed E-state index contributed by atoms with van der Waals surface area (Å²) in [6.45, 7) is 2.08. The molecule has 126 valence electrons. The van der Waals surface area contributed by atoms with Gasteiger partial charge in [-0.25, -0.2) is 4.98 Å². The summed E-state index contributed by atoms with van der Waals surface area (Å²) in [7, 11) is 0. The van der Waals surface area contributed by atoms with Crippen LogP contribution in [0.25, 0.3) is 22.0 Å². The van der Waals surface area contributed by atoms with Crippen molar-refractivity contribution >= 4 is 38.9 Å². The van der Waals surface area contributed by atoms with Crippen LogP contribution in [0.2, 0.25) is 0 Å². The van der Waals surface area contributed by atoms with Crippen LogP contribution in [0.5, 0.6) is 0 Å². The third-order valence-corrected chi connectivity index (χ3v) is 4.62. The molecule has 4 aromatic rings. The lowest BCUT2D eigenvalue weighted by molar-refractivity contribution is -0.343. The van der Waals surface area contributed by atoms with Gasteiger partial charge in [-0.3, -0.25) is 0 Å². The van der Waals surface area contributed by atoms with E-state index in [1.165, 1.54) is 16.9 Å². The van der Waals surface area contributed by atoms with Crippen LogP contribution in [0.3, 0.4) is 0 Å². The number of aryl methyl sites for hydroxylation is 1. The predicted molar refractivity (Wildman–Crippen MR) is 97.9 cm³/mol. The van der Waals surface area contributed by atoms with E-state index in [1.54, 1.807) is 0 Å². The number of rotatable bonds is 3. The van der Waals surface area contributed by atoms with Crippen molar-refractivity contribution in [3.05, 3.63) is 59.5 Å².